The number of piperidine rings is 1. The molecule has 0 aromatic heterocycles. The number of carbonyl (C=O) groups is 2. The highest BCUT2D eigenvalue weighted by molar-refractivity contribution is 5.79. The van der Waals surface area contributed by atoms with Crippen molar-refractivity contribution in [3.8, 4) is 0 Å². The van der Waals surface area contributed by atoms with Crippen molar-refractivity contribution in [2.75, 3.05) is 52.4 Å². The van der Waals surface area contributed by atoms with E-state index < -0.39 is 0 Å². The van der Waals surface area contributed by atoms with E-state index in [0.29, 0.717) is 31.5 Å². The van der Waals surface area contributed by atoms with Crippen LogP contribution in [0.15, 0.2) is 24.3 Å². The first-order valence-corrected chi connectivity index (χ1v) is 10.9. The minimum Gasteiger partial charge on any atom is -0.351 e. The molecule has 3 rings (SSSR count). The number of carbonyl (C=O) groups excluding carboxylic acids is 2. The van der Waals surface area contributed by atoms with Gasteiger partial charge in [0.25, 0.3) is 0 Å². The molecule has 2 fully saturated rings. The highest BCUT2D eigenvalue weighted by atomic mass is 16.2. The van der Waals surface area contributed by atoms with Crippen molar-refractivity contribution in [2.45, 2.75) is 33.7 Å². The van der Waals surface area contributed by atoms with Gasteiger partial charge in [0.1, 0.15) is 0 Å². The maximum absolute atomic E-state index is 12.7. The molecule has 6 heteroatoms. The maximum atomic E-state index is 12.7. The zero-order valence-corrected chi connectivity index (χ0v) is 18.2. The molecule has 0 aliphatic carbocycles. The summed E-state index contributed by atoms with van der Waals surface area (Å²) in [4.78, 5) is 31.4. The van der Waals surface area contributed by atoms with E-state index in [4.69, 9.17) is 0 Å². The minimum atomic E-state index is 0.0640. The lowest BCUT2D eigenvalue weighted by Gasteiger charge is -2.38. The quantitative estimate of drug-likeness (QED) is 0.790. The molecule has 0 unspecified atom stereocenters. The van der Waals surface area contributed by atoms with Crippen LogP contribution in [0.5, 0.6) is 0 Å². The Balaban J connectivity index is 1.36. The number of hydrogen-bond donors (Lipinski definition) is 1. The molecule has 160 valence electrons. The minimum absolute atomic E-state index is 0.0640. The van der Waals surface area contributed by atoms with Gasteiger partial charge in [0.15, 0.2) is 0 Å². The van der Waals surface area contributed by atoms with Gasteiger partial charge in [-0.15, -0.1) is 0 Å². The van der Waals surface area contributed by atoms with Crippen molar-refractivity contribution < 1.29 is 9.59 Å². The number of aryl methyl sites for hydroxylation is 1. The molecule has 0 spiro atoms. The summed E-state index contributed by atoms with van der Waals surface area (Å²) in [6.45, 7) is 13.2. The summed E-state index contributed by atoms with van der Waals surface area (Å²) >= 11 is 0. The summed E-state index contributed by atoms with van der Waals surface area (Å²) in [7, 11) is 0. The van der Waals surface area contributed by atoms with Crippen molar-refractivity contribution >= 4 is 11.8 Å². The van der Waals surface area contributed by atoms with Gasteiger partial charge in [-0.05, 0) is 36.3 Å². The number of benzene rings is 1. The van der Waals surface area contributed by atoms with E-state index in [-0.39, 0.29) is 11.8 Å². The summed E-state index contributed by atoms with van der Waals surface area (Å²) in [5, 5.41) is 3.03. The first kappa shape index (κ1) is 21.8. The molecular weight excluding hydrogens is 364 g/mol. The molecule has 1 aromatic rings. The summed E-state index contributed by atoms with van der Waals surface area (Å²) in [6, 6.07) is 8.12. The number of nitrogens with zero attached hydrogens (tertiary/aromatic N) is 3. The monoisotopic (exact) mass is 400 g/mol. The topological polar surface area (TPSA) is 55.9 Å². The van der Waals surface area contributed by atoms with E-state index in [2.05, 4.69) is 48.0 Å². The molecule has 2 saturated heterocycles. The Morgan fingerprint density at radius 1 is 0.966 bits per heavy atom. The second kappa shape index (κ2) is 10.2. The SMILES string of the molecule is Cc1ccccc1CNC(=O)CN1CCN(CC(=O)N2C[C@H](C)C[C@H](C)C2)CC1. The molecular formula is C23H36N4O2. The van der Waals surface area contributed by atoms with Crippen molar-refractivity contribution in [1.29, 1.82) is 0 Å². The summed E-state index contributed by atoms with van der Waals surface area (Å²) in [5.41, 5.74) is 2.36. The summed E-state index contributed by atoms with van der Waals surface area (Å²) in [5.74, 6) is 1.51. The fourth-order valence-electron chi connectivity index (χ4n) is 4.52. The number of amides is 2. The lowest BCUT2D eigenvalue weighted by Crippen LogP contribution is -2.53. The molecule has 6 nitrogen and oxygen atoms in total. The number of hydrogen-bond acceptors (Lipinski definition) is 4. The van der Waals surface area contributed by atoms with E-state index in [1.807, 2.05) is 17.0 Å². The Bertz CT molecular complexity index is 690. The summed E-state index contributed by atoms with van der Waals surface area (Å²) in [6.07, 6.45) is 1.22. The average molecular weight is 401 g/mol. The lowest BCUT2D eigenvalue weighted by molar-refractivity contribution is -0.135. The molecule has 1 N–H and O–H groups in total. The Morgan fingerprint density at radius 3 is 2.17 bits per heavy atom. The first-order chi connectivity index (χ1) is 13.9. The van der Waals surface area contributed by atoms with E-state index in [0.717, 1.165) is 44.8 Å². The van der Waals surface area contributed by atoms with Crippen LogP contribution in [-0.2, 0) is 16.1 Å². The predicted octanol–water partition coefficient (Wildman–Crippen LogP) is 1.73. The molecule has 0 radical (unpaired) electrons. The second-order valence-corrected chi connectivity index (χ2v) is 9.00. The van der Waals surface area contributed by atoms with Crippen molar-refractivity contribution in [3.05, 3.63) is 35.4 Å². The zero-order valence-electron chi connectivity index (χ0n) is 18.2. The lowest BCUT2D eigenvalue weighted by atomic mass is 9.92. The number of piperazine rings is 1. The van der Waals surface area contributed by atoms with Crippen LogP contribution < -0.4 is 5.32 Å². The van der Waals surface area contributed by atoms with E-state index in [9.17, 15) is 9.59 Å². The highest BCUT2D eigenvalue weighted by Crippen LogP contribution is 2.21. The number of nitrogens with one attached hydrogen (secondary N) is 1. The van der Waals surface area contributed by atoms with Gasteiger partial charge in [0, 0.05) is 45.8 Å². The van der Waals surface area contributed by atoms with Gasteiger partial charge in [-0.3, -0.25) is 19.4 Å². The largest absolute Gasteiger partial charge is 0.351 e. The predicted molar refractivity (Wildman–Crippen MR) is 115 cm³/mol. The fraction of sp³-hybridized carbons (Fsp3) is 0.652. The van der Waals surface area contributed by atoms with Gasteiger partial charge in [0.2, 0.25) is 11.8 Å². The van der Waals surface area contributed by atoms with Crippen LogP contribution in [0, 0.1) is 18.8 Å². The summed E-state index contributed by atoms with van der Waals surface area (Å²) < 4.78 is 0. The number of likely N-dealkylation sites (tertiary alicyclic amines) is 1. The van der Waals surface area contributed by atoms with Crippen molar-refractivity contribution in [2.24, 2.45) is 11.8 Å². The standard InChI is InChI=1S/C23H36N4O2/c1-18-12-19(2)15-27(14-18)23(29)17-26-10-8-25(9-11-26)16-22(28)24-13-21-7-5-4-6-20(21)3/h4-7,18-19H,8-17H2,1-3H3,(H,24,28)/t18-,19+. The maximum Gasteiger partial charge on any atom is 0.236 e. The highest BCUT2D eigenvalue weighted by Gasteiger charge is 2.27. The van der Waals surface area contributed by atoms with Crippen molar-refractivity contribution in [3.63, 3.8) is 0 Å². The van der Waals surface area contributed by atoms with Gasteiger partial charge >= 0.3 is 0 Å². The third-order valence-electron chi connectivity index (χ3n) is 6.15. The van der Waals surface area contributed by atoms with Crippen LogP contribution in [0.1, 0.15) is 31.4 Å². The van der Waals surface area contributed by atoms with Gasteiger partial charge in [-0.1, -0.05) is 38.1 Å². The number of rotatable bonds is 6. The van der Waals surface area contributed by atoms with Gasteiger partial charge in [-0.25, -0.2) is 0 Å². The van der Waals surface area contributed by atoms with Crippen LogP contribution in [0.25, 0.3) is 0 Å². The van der Waals surface area contributed by atoms with Crippen LogP contribution in [0.3, 0.4) is 0 Å². The molecule has 2 aliphatic rings. The third-order valence-corrected chi connectivity index (χ3v) is 6.15. The van der Waals surface area contributed by atoms with E-state index in [1.165, 1.54) is 12.0 Å². The normalized spacial score (nSPS) is 23.8. The van der Waals surface area contributed by atoms with Crippen LogP contribution in [0.4, 0.5) is 0 Å². The molecule has 29 heavy (non-hydrogen) atoms. The molecule has 2 amide bonds. The Hall–Kier alpha value is -1.92. The third kappa shape index (κ3) is 6.54. The van der Waals surface area contributed by atoms with Gasteiger partial charge in [0.05, 0.1) is 13.1 Å². The van der Waals surface area contributed by atoms with E-state index in [1.54, 1.807) is 0 Å². The molecule has 2 atom stereocenters. The molecule has 2 aliphatic heterocycles. The van der Waals surface area contributed by atoms with Crippen LogP contribution in [0.2, 0.25) is 0 Å². The van der Waals surface area contributed by atoms with Crippen LogP contribution in [-0.4, -0.2) is 78.9 Å². The van der Waals surface area contributed by atoms with Crippen molar-refractivity contribution in [1.82, 2.24) is 20.0 Å². The zero-order chi connectivity index (χ0) is 20.8. The average Bonchev–Trinajstić information content (AvgIpc) is 2.68. The first-order valence-electron chi connectivity index (χ1n) is 10.9. The fourth-order valence-corrected chi connectivity index (χ4v) is 4.52. The molecule has 0 bridgehead atoms. The Labute approximate surface area is 175 Å². The van der Waals surface area contributed by atoms with Gasteiger partial charge in [-0.2, -0.15) is 0 Å². The Morgan fingerprint density at radius 2 is 1.55 bits per heavy atom. The van der Waals surface area contributed by atoms with Crippen LogP contribution >= 0.6 is 0 Å². The smallest absolute Gasteiger partial charge is 0.236 e. The molecule has 0 saturated carbocycles. The van der Waals surface area contributed by atoms with Gasteiger partial charge < -0.3 is 10.2 Å². The second-order valence-electron chi connectivity index (χ2n) is 9.00. The molecule has 1 aromatic carbocycles. The molecule has 2 heterocycles. The Kier molecular flexibility index (Phi) is 7.67. The van der Waals surface area contributed by atoms with E-state index >= 15 is 0 Å².